The number of carbonyl (C=O) groups is 4. The number of phosphoric acid groups is 2. The zero-order chi connectivity index (χ0) is 63.6. The van der Waals surface area contributed by atoms with Gasteiger partial charge in [0.1, 0.15) is 19.3 Å². The first-order valence-electron chi connectivity index (χ1n) is 35.0. The number of phosphoric ester groups is 2. The molecule has 0 amide bonds. The summed E-state index contributed by atoms with van der Waals surface area (Å²) in [5, 5.41) is 10.5. The molecule has 0 spiro atoms. The molecule has 2 unspecified atom stereocenters. The van der Waals surface area contributed by atoms with Gasteiger partial charge in [0.05, 0.1) is 26.4 Å². The van der Waals surface area contributed by atoms with Gasteiger partial charge in [-0.1, -0.05) is 286 Å². The fourth-order valence-electron chi connectivity index (χ4n) is 10.1. The summed E-state index contributed by atoms with van der Waals surface area (Å²) in [4.78, 5) is 71.9. The highest BCUT2D eigenvalue weighted by molar-refractivity contribution is 7.47. The lowest BCUT2D eigenvalue weighted by Crippen LogP contribution is -2.30. The van der Waals surface area contributed by atoms with Crippen LogP contribution in [0.25, 0.3) is 0 Å². The van der Waals surface area contributed by atoms with Crippen molar-refractivity contribution in [2.45, 2.75) is 355 Å². The van der Waals surface area contributed by atoms with Crippen molar-refractivity contribution in [3.8, 4) is 0 Å². The van der Waals surface area contributed by atoms with E-state index in [2.05, 4.69) is 41.5 Å². The predicted molar refractivity (Wildman–Crippen MR) is 345 cm³/mol. The van der Waals surface area contributed by atoms with Crippen LogP contribution in [0, 0.1) is 11.8 Å². The number of hydrogen-bond acceptors (Lipinski definition) is 15. The molecule has 0 aromatic heterocycles. The van der Waals surface area contributed by atoms with Crippen LogP contribution in [0.3, 0.4) is 0 Å². The van der Waals surface area contributed by atoms with Gasteiger partial charge in [-0.05, 0) is 37.5 Å². The lowest BCUT2D eigenvalue weighted by atomic mass is 10.0. The monoisotopic (exact) mass is 1270 g/mol. The van der Waals surface area contributed by atoms with E-state index in [1.807, 2.05) is 0 Å². The third-order valence-corrected chi connectivity index (χ3v) is 17.4. The lowest BCUT2D eigenvalue weighted by Gasteiger charge is -2.21. The smallest absolute Gasteiger partial charge is 0.462 e. The van der Waals surface area contributed by atoms with Crippen molar-refractivity contribution in [1.82, 2.24) is 0 Å². The Morgan fingerprint density at radius 1 is 0.314 bits per heavy atom. The number of aliphatic hydroxyl groups excluding tert-OH is 1. The van der Waals surface area contributed by atoms with E-state index in [0.29, 0.717) is 25.7 Å². The predicted octanol–water partition coefficient (Wildman–Crippen LogP) is 18.8. The molecule has 0 aliphatic heterocycles. The highest BCUT2D eigenvalue weighted by Crippen LogP contribution is 2.45. The second-order valence-corrected chi connectivity index (χ2v) is 28.1. The molecule has 86 heavy (non-hydrogen) atoms. The van der Waals surface area contributed by atoms with Gasteiger partial charge in [-0.25, -0.2) is 9.13 Å². The molecule has 17 nitrogen and oxygen atoms in total. The minimum atomic E-state index is -4.95. The molecule has 0 saturated heterocycles. The van der Waals surface area contributed by atoms with Crippen LogP contribution in [-0.2, 0) is 65.4 Å². The van der Waals surface area contributed by atoms with Crippen LogP contribution >= 0.6 is 15.6 Å². The summed E-state index contributed by atoms with van der Waals surface area (Å²) >= 11 is 0. The summed E-state index contributed by atoms with van der Waals surface area (Å²) < 4.78 is 67.8. The second-order valence-electron chi connectivity index (χ2n) is 25.2. The Morgan fingerprint density at radius 3 is 0.791 bits per heavy atom. The Bertz CT molecular complexity index is 1680. The van der Waals surface area contributed by atoms with E-state index in [-0.39, 0.29) is 25.7 Å². The van der Waals surface area contributed by atoms with Crippen molar-refractivity contribution in [3.05, 3.63) is 0 Å². The Hall–Kier alpha value is -1.94. The third kappa shape index (κ3) is 60.9. The Kier molecular flexibility index (Phi) is 58.0. The number of unbranched alkanes of at least 4 members (excludes halogenated alkanes) is 36. The van der Waals surface area contributed by atoms with Crippen LogP contribution in [0.15, 0.2) is 0 Å². The van der Waals surface area contributed by atoms with Gasteiger partial charge in [-0.3, -0.25) is 37.3 Å². The molecule has 0 bridgehead atoms. The van der Waals surface area contributed by atoms with E-state index in [9.17, 15) is 43.2 Å². The maximum absolute atomic E-state index is 13.0. The van der Waals surface area contributed by atoms with Crippen molar-refractivity contribution in [2.75, 3.05) is 39.6 Å². The number of ether oxygens (including phenoxy) is 4. The fourth-order valence-corrected chi connectivity index (χ4v) is 11.6. The standard InChI is InChI=1S/C67H130O17P2/c1-7-9-11-13-30-39-45-51-66(71)83-62(55-77-64(69)49-43-35-12-10-8-2)57-81-85(73,74)79-53-61(68)54-80-86(75,76)82-58-63(56-78-65(70)50-44-38-33-28-25-24-27-32-37-42-48-60(5)6)84-67(72)52-46-40-34-29-23-21-19-17-15-14-16-18-20-22-26-31-36-41-47-59(3)4/h59-63,68H,7-58H2,1-6H3,(H,73,74)(H,75,76)/t61-,62+,63+/m0/s1. The van der Waals surface area contributed by atoms with Gasteiger partial charge in [0, 0.05) is 25.7 Å². The van der Waals surface area contributed by atoms with Gasteiger partial charge in [-0.2, -0.15) is 0 Å². The Labute approximate surface area is 524 Å². The molecule has 0 aliphatic rings. The van der Waals surface area contributed by atoms with E-state index in [4.69, 9.17) is 37.0 Å². The van der Waals surface area contributed by atoms with Crippen LogP contribution < -0.4 is 0 Å². The zero-order valence-corrected chi connectivity index (χ0v) is 57.4. The molecular weight excluding hydrogens is 1140 g/mol. The summed E-state index contributed by atoms with van der Waals surface area (Å²) in [5.74, 6) is -0.567. The SMILES string of the molecule is CCCCCCCCCC(=O)O[C@H](COC(=O)CCCCCCC)COP(=O)(O)OC[C@H](O)COP(=O)(O)OC[C@@H](COC(=O)CCCCCCCCCCCCC(C)C)OC(=O)CCCCCCCCCCCCCCCCCCCCC(C)C. The van der Waals surface area contributed by atoms with Crippen molar-refractivity contribution >= 4 is 39.5 Å². The summed E-state index contributed by atoms with van der Waals surface area (Å²) in [6.07, 6.45) is 43.8. The average Bonchev–Trinajstić information content (AvgIpc) is 3.53. The first-order valence-corrected chi connectivity index (χ1v) is 38.0. The van der Waals surface area contributed by atoms with E-state index in [1.54, 1.807) is 0 Å². The van der Waals surface area contributed by atoms with Gasteiger partial charge >= 0.3 is 39.5 Å². The molecule has 0 aromatic carbocycles. The molecule has 0 heterocycles. The molecule has 0 saturated carbocycles. The first-order chi connectivity index (χ1) is 41.4. The van der Waals surface area contributed by atoms with Gasteiger partial charge in [0.25, 0.3) is 0 Å². The Morgan fingerprint density at radius 2 is 0.535 bits per heavy atom. The second kappa shape index (κ2) is 59.4. The largest absolute Gasteiger partial charge is 0.472 e. The zero-order valence-electron chi connectivity index (χ0n) is 55.6. The summed E-state index contributed by atoms with van der Waals surface area (Å²) in [5.41, 5.74) is 0. The number of carbonyl (C=O) groups excluding carboxylic acids is 4. The fraction of sp³-hybridized carbons (Fsp3) is 0.940. The Balaban J connectivity index is 5.08. The summed E-state index contributed by atoms with van der Waals surface area (Å²) in [6, 6.07) is 0. The van der Waals surface area contributed by atoms with Crippen LogP contribution in [-0.4, -0.2) is 96.7 Å². The number of hydrogen-bond donors (Lipinski definition) is 3. The van der Waals surface area contributed by atoms with E-state index in [0.717, 1.165) is 121 Å². The van der Waals surface area contributed by atoms with E-state index >= 15 is 0 Å². The molecular formula is C67H130O17P2. The topological polar surface area (TPSA) is 237 Å². The molecule has 19 heteroatoms. The normalized spacial score (nSPS) is 14.2. The van der Waals surface area contributed by atoms with Crippen molar-refractivity contribution in [2.24, 2.45) is 11.8 Å². The minimum absolute atomic E-state index is 0.103. The molecule has 0 aromatic rings. The highest BCUT2D eigenvalue weighted by atomic mass is 31.2. The molecule has 0 fully saturated rings. The van der Waals surface area contributed by atoms with Gasteiger partial charge < -0.3 is 33.8 Å². The minimum Gasteiger partial charge on any atom is -0.462 e. The summed E-state index contributed by atoms with van der Waals surface area (Å²) in [7, 11) is -9.88. The quantitative estimate of drug-likeness (QED) is 0.0222. The molecule has 510 valence electrons. The maximum Gasteiger partial charge on any atom is 0.472 e. The molecule has 0 radical (unpaired) electrons. The van der Waals surface area contributed by atoms with Crippen LogP contribution in [0.5, 0.6) is 0 Å². The number of esters is 4. The van der Waals surface area contributed by atoms with Crippen LogP contribution in [0.2, 0.25) is 0 Å². The van der Waals surface area contributed by atoms with E-state index in [1.165, 1.54) is 135 Å². The molecule has 0 rings (SSSR count). The first kappa shape index (κ1) is 84.1. The average molecular weight is 1270 g/mol. The molecule has 3 N–H and O–H groups in total. The maximum atomic E-state index is 13.0. The van der Waals surface area contributed by atoms with Crippen LogP contribution in [0.4, 0.5) is 0 Å². The number of aliphatic hydroxyl groups is 1. The van der Waals surface area contributed by atoms with Crippen LogP contribution in [0.1, 0.15) is 337 Å². The van der Waals surface area contributed by atoms with Crippen molar-refractivity contribution in [3.63, 3.8) is 0 Å². The van der Waals surface area contributed by atoms with E-state index < -0.39 is 97.5 Å². The van der Waals surface area contributed by atoms with Gasteiger partial charge in [0.15, 0.2) is 12.2 Å². The van der Waals surface area contributed by atoms with Crippen molar-refractivity contribution < 1.29 is 80.2 Å². The summed E-state index contributed by atoms with van der Waals surface area (Å²) in [6.45, 7) is 9.42. The van der Waals surface area contributed by atoms with Gasteiger partial charge in [0.2, 0.25) is 0 Å². The number of rotatable bonds is 66. The molecule has 5 atom stereocenters. The lowest BCUT2D eigenvalue weighted by molar-refractivity contribution is -0.161. The molecule has 0 aliphatic carbocycles. The van der Waals surface area contributed by atoms with Crippen molar-refractivity contribution in [1.29, 1.82) is 0 Å². The third-order valence-electron chi connectivity index (χ3n) is 15.5. The highest BCUT2D eigenvalue weighted by Gasteiger charge is 2.30. The van der Waals surface area contributed by atoms with Gasteiger partial charge in [-0.15, -0.1) is 0 Å².